The molecule has 5 nitrogen and oxygen atoms in total. The normalized spacial score (nSPS) is 29.7. The number of piperazine rings is 1. The highest BCUT2D eigenvalue weighted by Gasteiger charge is 2.29. The maximum atomic E-state index is 4.55. The first-order chi connectivity index (χ1) is 9.74. The largest absolute Gasteiger partial charge is 0.337 e. The molecule has 0 aliphatic carbocycles. The molecule has 2 saturated heterocycles. The molecule has 2 atom stereocenters. The van der Waals surface area contributed by atoms with Crippen molar-refractivity contribution in [1.29, 1.82) is 0 Å². The van der Waals surface area contributed by atoms with Gasteiger partial charge in [0.1, 0.15) is 5.82 Å². The minimum absolute atomic E-state index is 0.431. The van der Waals surface area contributed by atoms with E-state index in [2.05, 4.69) is 38.8 Å². The lowest BCUT2D eigenvalue weighted by molar-refractivity contribution is 0.0743. The lowest BCUT2D eigenvalue weighted by Crippen LogP contribution is -2.50. The molecule has 2 unspecified atom stereocenters. The summed E-state index contributed by atoms with van der Waals surface area (Å²) in [7, 11) is 4.32. The van der Waals surface area contributed by atoms with Gasteiger partial charge in [-0.3, -0.25) is 9.80 Å². The Hall–Kier alpha value is -0.910. The number of hydrogen-bond donors (Lipinski definition) is 1. The van der Waals surface area contributed by atoms with E-state index in [0.717, 1.165) is 19.0 Å². The monoisotopic (exact) mass is 277 g/mol. The fourth-order valence-corrected chi connectivity index (χ4v) is 3.52. The lowest BCUT2D eigenvalue weighted by Gasteiger charge is -2.40. The van der Waals surface area contributed by atoms with Crippen LogP contribution in [0.2, 0.25) is 0 Å². The Kier molecular flexibility index (Phi) is 4.38. The third-order valence-electron chi connectivity index (χ3n) is 4.80. The van der Waals surface area contributed by atoms with Gasteiger partial charge in [0.05, 0.1) is 6.04 Å². The summed E-state index contributed by atoms with van der Waals surface area (Å²) in [5, 5.41) is 3.53. The Balaban J connectivity index is 1.62. The third-order valence-corrected chi connectivity index (χ3v) is 4.80. The first-order valence-corrected chi connectivity index (χ1v) is 7.84. The van der Waals surface area contributed by atoms with E-state index < -0.39 is 0 Å². The van der Waals surface area contributed by atoms with E-state index in [1.54, 1.807) is 0 Å². The van der Waals surface area contributed by atoms with Crippen LogP contribution < -0.4 is 5.32 Å². The number of imidazole rings is 1. The molecule has 0 spiro atoms. The molecule has 0 bridgehead atoms. The van der Waals surface area contributed by atoms with Crippen molar-refractivity contribution in [3.05, 3.63) is 18.2 Å². The van der Waals surface area contributed by atoms with Gasteiger partial charge in [-0.15, -0.1) is 0 Å². The number of likely N-dealkylation sites (N-methyl/N-ethyl adjacent to an activating group) is 1. The second-order valence-electron chi connectivity index (χ2n) is 6.36. The van der Waals surface area contributed by atoms with Gasteiger partial charge in [0.2, 0.25) is 0 Å². The number of rotatable bonds is 3. The molecule has 0 amide bonds. The van der Waals surface area contributed by atoms with Gasteiger partial charge in [-0.05, 0) is 38.9 Å². The zero-order valence-electron chi connectivity index (χ0n) is 12.8. The van der Waals surface area contributed by atoms with Gasteiger partial charge in [-0.25, -0.2) is 4.98 Å². The van der Waals surface area contributed by atoms with Gasteiger partial charge in [-0.1, -0.05) is 0 Å². The van der Waals surface area contributed by atoms with Gasteiger partial charge >= 0.3 is 0 Å². The van der Waals surface area contributed by atoms with Crippen molar-refractivity contribution in [2.45, 2.75) is 18.9 Å². The highest BCUT2D eigenvalue weighted by molar-refractivity contribution is 5.02. The van der Waals surface area contributed by atoms with Crippen molar-refractivity contribution in [3.8, 4) is 0 Å². The Morgan fingerprint density at radius 1 is 1.35 bits per heavy atom. The molecule has 2 fully saturated rings. The number of nitrogens with zero attached hydrogens (tertiary/aromatic N) is 4. The van der Waals surface area contributed by atoms with E-state index in [9.17, 15) is 0 Å². The van der Waals surface area contributed by atoms with Crippen LogP contribution in [0.15, 0.2) is 12.4 Å². The van der Waals surface area contributed by atoms with Crippen molar-refractivity contribution in [2.24, 2.45) is 13.0 Å². The molecule has 5 heteroatoms. The van der Waals surface area contributed by atoms with Crippen molar-refractivity contribution >= 4 is 0 Å². The number of nitrogens with one attached hydrogen (secondary N) is 1. The average molecular weight is 277 g/mol. The van der Waals surface area contributed by atoms with Gasteiger partial charge in [-0.2, -0.15) is 0 Å². The summed E-state index contributed by atoms with van der Waals surface area (Å²) in [6.07, 6.45) is 6.67. The van der Waals surface area contributed by atoms with E-state index >= 15 is 0 Å². The molecule has 2 aliphatic heterocycles. The van der Waals surface area contributed by atoms with Crippen molar-refractivity contribution < 1.29 is 0 Å². The minimum Gasteiger partial charge on any atom is -0.337 e. The average Bonchev–Trinajstić information content (AvgIpc) is 2.88. The molecule has 3 rings (SSSR count). The summed E-state index contributed by atoms with van der Waals surface area (Å²) in [6.45, 7) is 7.07. The lowest BCUT2D eigenvalue weighted by atomic mass is 9.98. The van der Waals surface area contributed by atoms with Gasteiger partial charge in [0.25, 0.3) is 0 Å². The minimum atomic E-state index is 0.431. The molecule has 3 heterocycles. The molecule has 1 aromatic heterocycles. The van der Waals surface area contributed by atoms with Crippen LogP contribution in [-0.4, -0.2) is 65.7 Å². The Morgan fingerprint density at radius 2 is 2.25 bits per heavy atom. The molecular formula is C15H27N5. The summed E-state index contributed by atoms with van der Waals surface area (Å²) in [6, 6.07) is 0.431. The van der Waals surface area contributed by atoms with Crippen LogP contribution >= 0.6 is 0 Å². The predicted octanol–water partition coefficient (Wildman–Crippen LogP) is 0.708. The maximum absolute atomic E-state index is 4.55. The van der Waals surface area contributed by atoms with Crippen LogP contribution in [-0.2, 0) is 7.05 Å². The number of piperidine rings is 1. The number of aryl methyl sites for hydroxylation is 1. The number of hydrogen-bond acceptors (Lipinski definition) is 4. The SMILES string of the molecule is CN1CCN(CC2CCCNC2)CC1c1nccn1C. The van der Waals surface area contributed by atoms with E-state index in [-0.39, 0.29) is 0 Å². The topological polar surface area (TPSA) is 36.3 Å². The smallest absolute Gasteiger partial charge is 0.127 e. The molecule has 1 aromatic rings. The summed E-state index contributed by atoms with van der Waals surface area (Å²) in [4.78, 5) is 9.63. The fraction of sp³-hybridized carbons (Fsp3) is 0.800. The highest BCUT2D eigenvalue weighted by Crippen LogP contribution is 2.23. The van der Waals surface area contributed by atoms with Crippen LogP contribution in [0.4, 0.5) is 0 Å². The zero-order valence-corrected chi connectivity index (χ0v) is 12.8. The third kappa shape index (κ3) is 3.05. The number of aromatic nitrogens is 2. The summed E-state index contributed by atoms with van der Waals surface area (Å²) >= 11 is 0. The maximum Gasteiger partial charge on any atom is 0.127 e. The molecular weight excluding hydrogens is 250 g/mol. The van der Waals surface area contributed by atoms with Crippen LogP contribution in [0.3, 0.4) is 0 Å². The fourth-order valence-electron chi connectivity index (χ4n) is 3.52. The molecule has 1 N–H and O–H groups in total. The van der Waals surface area contributed by atoms with E-state index in [0.29, 0.717) is 6.04 Å². The van der Waals surface area contributed by atoms with Crippen molar-refractivity contribution in [2.75, 3.05) is 46.3 Å². The quantitative estimate of drug-likeness (QED) is 0.883. The van der Waals surface area contributed by atoms with Crippen molar-refractivity contribution in [1.82, 2.24) is 24.7 Å². The van der Waals surface area contributed by atoms with Gasteiger partial charge in [0.15, 0.2) is 0 Å². The Bertz CT molecular complexity index is 424. The molecule has 0 aromatic carbocycles. The van der Waals surface area contributed by atoms with E-state index in [1.165, 1.54) is 44.8 Å². The van der Waals surface area contributed by atoms with E-state index in [1.807, 2.05) is 12.4 Å². The summed E-state index contributed by atoms with van der Waals surface area (Å²) in [5.41, 5.74) is 0. The summed E-state index contributed by atoms with van der Waals surface area (Å²) < 4.78 is 2.16. The molecule has 2 aliphatic rings. The molecule has 0 radical (unpaired) electrons. The van der Waals surface area contributed by atoms with Gasteiger partial charge in [0, 0.05) is 45.6 Å². The standard InChI is InChI=1S/C15H27N5/c1-18-8-9-20(11-13-4-3-5-16-10-13)12-14(18)15-17-6-7-19(15)2/h6-7,13-14,16H,3-5,8-12H2,1-2H3. The second kappa shape index (κ2) is 6.24. The molecule has 112 valence electrons. The Labute approximate surface area is 122 Å². The highest BCUT2D eigenvalue weighted by atomic mass is 15.3. The first-order valence-electron chi connectivity index (χ1n) is 7.84. The second-order valence-corrected chi connectivity index (χ2v) is 6.36. The van der Waals surface area contributed by atoms with Crippen LogP contribution in [0, 0.1) is 5.92 Å². The summed E-state index contributed by atoms with van der Waals surface area (Å²) in [5.74, 6) is 2.02. The first kappa shape index (κ1) is 14.0. The zero-order chi connectivity index (χ0) is 13.9. The Morgan fingerprint density at radius 3 is 2.95 bits per heavy atom. The van der Waals surface area contributed by atoms with Crippen LogP contribution in [0.25, 0.3) is 0 Å². The molecule has 0 saturated carbocycles. The van der Waals surface area contributed by atoms with Gasteiger partial charge < -0.3 is 9.88 Å². The van der Waals surface area contributed by atoms with Crippen molar-refractivity contribution in [3.63, 3.8) is 0 Å². The van der Waals surface area contributed by atoms with E-state index in [4.69, 9.17) is 0 Å². The molecule has 20 heavy (non-hydrogen) atoms. The van der Waals surface area contributed by atoms with Crippen LogP contribution in [0.1, 0.15) is 24.7 Å². The predicted molar refractivity (Wildman–Crippen MR) is 80.6 cm³/mol. The van der Waals surface area contributed by atoms with Crippen LogP contribution in [0.5, 0.6) is 0 Å².